The lowest BCUT2D eigenvalue weighted by molar-refractivity contribution is -0.126. The number of hydrogen-bond acceptors (Lipinski definition) is 4. The van der Waals surface area contributed by atoms with Crippen LogP contribution >= 0.6 is 0 Å². The molecule has 2 aliphatic rings. The van der Waals surface area contributed by atoms with Crippen molar-refractivity contribution in [1.82, 2.24) is 21.3 Å². The smallest absolute Gasteiger partial charge is 0.222 e. The Labute approximate surface area is 176 Å². The van der Waals surface area contributed by atoms with Gasteiger partial charge in [0.1, 0.15) is 0 Å². The van der Waals surface area contributed by atoms with Gasteiger partial charge in [-0.15, -0.1) is 0 Å². The molecule has 0 aliphatic carbocycles. The van der Waals surface area contributed by atoms with E-state index < -0.39 is 0 Å². The summed E-state index contributed by atoms with van der Waals surface area (Å²) < 4.78 is 0. The van der Waals surface area contributed by atoms with Crippen molar-refractivity contribution >= 4 is 23.6 Å². The maximum Gasteiger partial charge on any atom is 0.222 e. The Morgan fingerprint density at radius 1 is 0.767 bits per heavy atom. The average molecular weight is 415 g/mol. The van der Waals surface area contributed by atoms with Crippen LogP contribution in [-0.4, -0.2) is 35.7 Å². The quantitative estimate of drug-likeness (QED) is 0.508. The summed E-state index contributed by atoms with van der Waals surface area (Å²) in [5.74, 6) is -0.114. The van der Waals surface area contributed by atoms with Crippen LogP contribution in [0.4, 0.5) is 0 Å². The largest absolute Gasteiger partial charge is 0.353 e. The highest BCUT2D eigenvalue weighted by Gasteiger charge is 2.21. The van der Waals surface area contributed by atoms with Crippen LogP contribution in [0.5, 0.6) is 0 Å². The minimum absolute atomic E-state index is 0.0187. The zero-order chi connectivity index (χ0) is 21.3. The molecule has 162 valence electrons. The summed E-state index contributed by atoms with van der Waals surface area (Å²) >= 11 is 0. The molecular weight excluding hydrogens is 384 g/mol. The van der Waals surface area contributed by atoms with Crippen molar-refractivity contribution in [3.05, 3.63) is 35.4 Å². The van der Waals surface area contributed by atoms with Gasteiger partial charge in [-0.1, -0.05) is 24.3 Å². The summed E-state index contributed by atoms with van der Waals surface area (Å²) in [6.45, 7) is 0.848. The van der Waals surface area contributed by atoms with E-state index in [1.165, 1.54) is 0 Å². The normalized spacial score (nSPS) is 21.3. The maximum absolute atomic E-state index is 12.1. The Hall–Kier alpha value is -2.90. The first-order chi connectivity index (χ1) is 14.5. The highest BCUT2D eigenvalue weighted by Crippen LogP contribution is 2.12. The van der Waals surface area contributed by atoms with Crippen molar-refractivity contribution in [2.75, 3.05) is 0 Å². The molecule has 3 rings (SSSR count). The summed E-state index contributed by atoms with van der Waals surface area (Å²) in [5.41, 5.74) is 1.94. The summed E-state index contributed by atoms with van der Waals surface area (Å²) in [6.07, 6.45) is 5.03. The fourth-order valence-corrected chi connectivity index (χ4v) is 3.84. The van der Waals surface area contributed by atoms with E-state index in [0.29, 0.717) is 38.8 Å². The van der Waals surface area contributed by atoms with Gasteiger partial charge in [-0.2, -0.15) is 0 Å². The first-order valence-electron chi connectivity index (χ1n) is 10.7. The van der Waals surface area contributed by atoms with Crippen LogP contribution in [0.1, 0.15) is 62.5 Å². The molecule has 2 fully saturated rings. The van der Waals surface area contributed by atoms with Gasteiger partial charge in [0.25, 0.3) is 0 Å². The number of amides is 4. The van der Waals surface area contributed by atoms with Crippen LogP contribution in [0.25, 0.3) is 0 Å². The first-order valence-corrected chi connectivity index (χ1v) is 10.7. The number of piperidine rings is 2. The second kappa shape index (κ2) is 10.8. The molecule has 0 spiro atoms. The van der Waals surface area contributed by atoms with E-state index in [1.54, 1.807) is 0 Å². The van der Waals surface area contributed by atoms with Crippen molar-refractivity contribution in [1.29, 1.82) is 0 Å². The SMILES string of the molecule is O=C(CC1CCCC(=O)N1)NCc1ccc(CNC(=O)CC2CCCC(=O)N2)cc1. The Morgan fingerprint density at radius 2 is 1.17 bits per heavy atom. The third-order valence-corrected chi connectivity index (χ3v) is 5.51. The fourth-order valence-electron chi connectivity index (χ4n) is 3.84. The second-order valence-electron chi connectivity index (χ2n) is 8.09. The van der Waals surface area contributed by atoms with Gasteiger partial charge in [0, 0.05) is 50.9 Å². The molecule has 8 heteroatoms. The molecule has 1 aromatic carbocycles. The molecule has 2 aliphatic heterocycles. The molecule has 0 radical (unpaired) electrons. The average Bonchev–Trinajstić information content (AvgIpc) is 2.71. The molecule has 2 atom stereocenters. The van der Waals surface area contributed by atoms with Gasteiger partial charge in [-0.05, 0) is 36.8 Å². The van der Waals surface area contributed by atoms with Crippen LogP contribution in [0, 0.1) is 0 Å². The second-order valence-corrected chi connectivity index (χ2v) is 8.09. The van der Waals surface area contributed by atoms with Crippen LogP contribution < -0.4 is 21.3 Å². The summed E-state index contributed by atoms with van der Waals surface area (Å²) in [7, 11) is 0. The molecule has 30 heavy (non-hydrogen) atoms. The summed E-state index contributed by atoms with van der Waals surface area (Å²) in [5, 5.41) is 11.5. The lowest BCUT2D eigenvalue weighted by Crippen LogP contribution is -2.42. The molecule has 1 aromatic rings. The number of benzene rings is 1. The Balaban J connectivity index is 1.35. The van der Waals surface area contributed by atoms with E-state index in [1.807, 2.05) is 24.3 Å². The molecule has 2 unspecified atom stereocenters. The monoisotopic (exact) mass is 414 g/mol. The first kappa shape index (κ1) is 21.8. The van der Waals surface area contributed by atoms with Gasteiger partial charge < -0.3 is 21.3 Å². The molecule has 0 aromatic heterocycles. The number of hydrogen-bond donors (Lipinski definition) is 4. The number of nitrogens with one attached hydrogen (secondary N) is 4. The van der Waals surface area contributed by atoms with Gasteiger partial charge in [-0.3, -0.25) is 19.2 Å². The molecule has 4 amide bonds. The van der Waals surface area contributed by atoms with Crippen molar-refractivity contribution < 1.29 is 19.2 Å². The maximum atomic E-state index is 12.1. The van der Waals surface area contributed by atoms with Gasteiger partial charge in [0.2, 0.25) is 23.6 Å². The Bertz CT molecular complexity index is 713. The van der Waals surface area contributed by atoms with Crippen molar-refractivity contribution in [3.63, 3.8) is 0 Å². The summed E-state index contributed by atoms with van der Waals surface area (Å²) in [4.78, 5) is 46.9. The minimum atomic E-state index is -0.0756. The van der Waals surface area contributed by atoms with E-state index >= 15 is 0 Å². The molecular formula is C22H30N4O4. The van der Waals surface area contributed by atoms with Crippen molar-refractivity contribution in [2.24, 2.45) is 0 Å². The minimum Gasteiger partial charge on any atom is -0.353 e. The number of rotatable bonds is 8. The number of carbonyl (C=O) groups is 4. The predicted octanol–water partition coefficient (Wildman–Crippen LogP) is 1.04. The van der Waals surface area contributed by atoms with Gasteiger partial charge in [-0.25, -0.2) is 0 Å². The molecule has 0 bridgehead atoms. The molecule has 0 saturated carbocycles. The third kappa shape index (κ3) is 7.17. The van der Waals surface area contributed by atoms with Crippen LogP contribution in [0.2, 0.25) is 0 Å². The Morgan fingerprint density at radius 3 is 1.53 bits per heavy atom. The van der Waals surface area contributed by atoms with E-state index in [0.717, 1.165) is 36.8 Å². The lowest BCUT2D eigenvalue weighted by Gasteiger charge is -2.22. The van der Waals surface area contributed by atoms with E-state index in [2.05, 4.69) is 21.3 Å². The van der Waals surface area contributed by atoms with E-state index in [9.17, 15) is 19.2 Å². The van der Waals surface area contributed by atoms with Crippen molar-refractivity contribution in [2.45, 2.75) is 76.5 Å². The van der Waals surface area contributed by atoms with Crippen LogP contribution in [0.15, 0.2) is 24.3 Å². The topological polar surface area (TPSA) is 116 Å². The predicted molar refractivity (Wildman–Crippen MR) is 111 cm³/mol. The fraction of sp³-hybridized carbons (Fsp3) is 0.545. The third-order valence-electron chi connectivity index (χ3n) is 5.51. The zero-order valence-electron chi connectivity index (χ0n) is 17.2. The lowest BCUT2D eigenvalue weighted by atomic mass is 10.0. The zero-order valence-corrected chi connectivity index (χ0v) is 17.2. The molecule has 4 N–H and O–H groups in total. The molecule has 2 heterocycles. The standard InChI is InChI=1S/C22H30N4O4/c27-19-5-1-3-17(25-19)11-21(29)23-13-15-7-9-16(10-8-15)14-24-22(30)12-18-4-2-6-20(28)26-18/h7-10,17-18H,1-6,11-14H2,(H,23,29)(H,24,30)(H,25,27)(H,26,28). The Kier molecular flexibility index (Phi) is 7.82. The van der Waals surface area contributed by atoms with Crippen LogP contribution in [0.3, 0.4) is 0 Å². The van der Waals surface area contributed by atoms with Gasteiger partial charge in [0.15, 0.2) is 0 Å². The highest BCUT2D eigenvalue weighted by molar-refractivity contribution is 5.81. The van der Waals surface area contributed by atoms with Gasteiger partial charge in [0.05, 0.1) is 0 Å². The van der Waals surface area contributed by atoms with E-state index in [-0.39, 0.29) is 35.7 Å². The van der Waals surface area contributed by atoms with E-state index in [4.69, 9.17) is 0 Å². The van der Waals surface area contributed by atoms with Crippen LogP contribution in [-0.2, 0) is 32.3 Å². The highest BCUT2D eigenvalue weighted by atomic mass is 16.2. The van der Waals surface area contributed by atoms with Gasteiger partial charge >= 0.3 is 0 Å². The summed E-state index contributed by atoms with van der Waals surface area (Å²) in [6, 6.07) is 7.55. The number of carbonyl (C=O) groups excluding carboxylic acids is 4. The molecule has 8 nitrogen and oxygen atoms in total. The molecule has 2 saturated heterocycles. The van der Waals surface area contributed by atoms with Crippen molar-refractivity contribution in [3.8, 4) is 0 Å².